The number of benzene rings is 1. The zero-order valence-electron chi connectivity index (χ0n) is 14.2. The van der Waals surface area contributed by atoms with E-state index in [1.807, 2.05) is 22.6 Å². The molecule has 4 unspecified atom stereocenters. The Morgan fingerprint density at radius 3 is 2.53 bits per heavy atom. The Morgan fingerprint density at radius 2 is 1.97 bits per heavy atom. The summed E-state index contributed by atoms with van der Waals surface area (Å²) in [4.78, 5) is 24.3. The van der Waals surface area contributed by atoms with E-state index in [2.05, 4.69) is 49.9 Å². The summed E-state index contributed by atoms with van der Waals surface area (Å²) in [5.74, 6) is -3.87. The summed E-state index contributed by atoms with van der Waals surface area (Å²) in [5.41, 5.74) is 0.314. The Kier molecular flexibility index (Phi) is 5.98. The van der Waals surface area contributed by atoms with Crippen molar-refractivity contribution in [1.29, 1.82) is 0 Å². The average molecular weight is 800 g/mol. The van der Waals surface area contributed by atoms with Gasteiger partial charge in [-0.1, -0.05) is 0 Å². The Labute approximate surface area is 213 Å². The molecular formula is C15H9F2I3O8S2. The molecule has 0 saturated carbocycles. The van der Waals surface area contributed by atoms with E-state index in [1.54, 1.807) is 6.07 Å². The van der Waals surface area contributed by atoms with Crippen molar-refractivity contribution in [2.24, 2.45) is 0 Å². The van der Waals surface area contributed by atoms with Gasteiger partial charge in [0, 0.05) is 28.8 Å². The molecule has 30 heavy (non-hydrogen) atoms. The molecule has 4 atom stereocenters. The van der Waals surface area contributed by atoms with Gasteiger partial charge in [0.05, 0.1) is 5.25 Å². The zero-order valence-corrected chi connectivity index (χ0v) is 22.3. The third-order valence-corrected chi connectivity index (χ3v) is 12.5. The molecule has 2 bridgehead atoms. The predicted molar refractivity (Wildman–Crippen MR) is 124 cm³/mol. The summed E-state index contributed by atoms with van der Waals surface area (Å²) in [5, 5.41) is -6.12. The van der Waals surface area contributed by atoms with Gasteiger partial charge in [-0.05, 0) is 73.8 Å². The number of hydrogen-bond donors (Lipinski definition) is 1. The van der Waals surface area contributed by atoms with E-state index >= 15 is 0 Å². The predicted octanol–water partition coefficient (Wildman–Crippen LogP) is 3.42. The molecule has 3 aliphatic rings. The monoisotopic (exact) mass is 800 g/mol. The van der Waals surface area contributed by atoms with Crippen LogP contribution < -0.4 is 4.74 Å². The highest BCUT2D eigenvalue weighted by Crippen LogP contribution is 2.57. The summed E-state index contributed by atoms with van der Waals surface area (Å²) >= 11 is 7.53. The molecule has 3 heterocycles. The number of carbonyl (C=O) groups excluding carboxylic acids is 2. The number of carbonyl (C=O) groups is 2. The van der Waals surface area contributed by atoms with Gasteiger partial charge in [0.1, 0.15) is 17.4 Å². The molecule has 2 fully saturated rings. The summed E-state index contributed by atoms with van der Waals surface area (Å²) in [7, 11) is -5.95. The van der Waals surface area contributed by atoms with Crippen LogP contribution in [-0.2, 0) is 24.4 Å². The number of fused-ring (bicyclic) bond motifs is 4. The molecule has 1 spiro atoms. The molecule has 15 heteroatoms. The molecule has 8 nitrogen and oxygen atoms in total. The van der Waals surface area contributed by atoms with Crippen molar-refractivity contribution >= 4 is 102 Å². The van der Waals surface area contributed by atoms with Gasteiger partial charge in [-0.3, -0.25) is 4.55 Å². The van der Waals surface area contributed by atoms with Crippen LogP contribution in [0.4, 0.5) is 8.78 Å². The standard InChI is InChI=1S/C15H9F2I3O8S2/c16-15(17,30(23,24)25)13(22)26-5-2-8-14(3-7(5)29-8)27-6-1-4(18)10(19)11(20)9(6)12(21)28-14/h1,5,7-8H,2-3H2,(H,23,24,25). The van der Waals surface area contributed by atoms with Crippen LogP contribution in [-0.4, -0.2) is 52.6 Å². The lowest BCUT2D eigenvalue weighted by molar-refractivity contribution is -0.185. The molecule has 1 aromatic rings. The van der Waals surface area contributed by atoms with Crippen LogP contribution in [0.2, 0.25) is 0 Å². The number of alkyl halides is 2. The minimum atomic E-state index is -5.95. The van der Waals surface area contributed by atoms with E-state index in [4.69, 9.17) is 14.0 Å². The lowest BCUT2D eigenvalue weighted by atomic mass is 9.90. The van der Waals surface area contributed by atoms with Gasteiger partial charge in [-0.2, -0.15) is 17.2 Å². The first-order chi connectivity index (χ1) is 13.8. The van der Waals surface area contributed by atoms with Gasteiger partial charge in [-0.15, -0.1) is 11.8 Å². The third kappa shape index (κ3) is 3.61. The molecule has 0 radical (unpaired) electrons. The van der Waals surface area contributed by atoms with Crippen molar-refractivity contribution in [2.75, 3.05) is 0 Å². The molecule has 164 valence electrons. The average Bonchev–Trinajstić information content (AvgIpc) is 3.15. The molecule has 3 aliphatic heterocycles. The number of hydrogen-bond acceptors (Lipinski definition) is 8. The second-order valence-electron chi connectivity index (χ2n) is 6.70. The minimum Gasteiger partial charge on any atom is -0.456 e. The van der Waals surface area contributed by atoms with Gasteiger partial charge in [-0.25, -0.2) is 9.59 Å². The largest absolute Gasteiger partial charge is 0.465 e. The molecule has 0 aliphatic carbocycles. The Bertz CT molecular complexity index is 1080. The van der Waals surface area contributed by atoms with E-state index in [0.717, 1.165) is 7.14 Å². The van der Waals surface area contributed by atoms with Crippen LogP contribution in [0.25, 0.3) is 0 Å². The maximum atomic E-state index is 13.5. The second kappa shape index (κ2) is 7.66. The minimum absolute atomic E-state index is 0.0177. The first kappa shape index (κ1) is 23.4. The van der Waals surface area contributed by atoms with Crippen molar-refractivity contribution in [1.82, 2.24) is 0 Å². The molecule has 1 aromatic carbocycles. The van der Waals surface area contributed by atoms with E-state index in [0.29, 0.717) is 14.9 Å². The quantitative estimate of drug-likeness (QED) is 0.213. The van der Waals surface area contributed by atoms with Crippen LogP contribution in [0.15, 0.2) is 6.07 Å². The van der Waals surface area contributed by atoms with Crippen molar-refractivity contribution in [3.05, 3.63) is 22.3 Å². The number of esters is 2. The van der Waals surface area contributed by atoms with Crippen LogP contribution in [0.1, 0.15) is 23.2 Å². The highest BCUT2D eigenvalue weighted by molar-refractivity contribution is 14.1. The van der Waals surface area contributed by atoms with Gasteiger partial charge < -0.3 is 14.2 Å². The van der Waals surface area contributed by atoms with Crippen LogP contribution in [0, 0.1) is 10.7 Å². The number of rotatable bonds is 3. The summed E-state index contributed by atoms with van der Waals surface area (Å²) in [6.45, 7) is 0. The third-order valence-electron chi connectivity index (χ3n) is 4.87. The highest BCUT2D eigenvalue weighted by atomic mass is 127. The van der Waals surface area contributed by atoms with Crippen LogP contribution >= 0.6 is 79.5 Å². The van der Waals surface area contributed by atoms with E-state index in [9.17, 15) is 26.8 Å². The van der Waals surface area contributed by atoms with Crippen LogP contribution in [0.5, 0.6) is 5.75 Å². The van der Waals surface area contributed by atoms with Crippen LogP contribution in [0.3, 0.4) is 0 Å². The fraction of sp³-hybridized carbons (Fsp3) is 0.467. The van der Waals surface area contributed by atoms with Gasteiger partial charge >= 0.3 is 27.3 Å². The van der Waals surface area contributed by atoms with Crippen molar-refractivity contribution in [3.8, 4) is 5.75 Å². The smallest absolute Gasteiger partial charge is 0.456 e. The number of ether oxygens (including phenoxy) is 3. The lowest BCUT2D eigenvalue weighted by Gasteiger charge is -2.41. The van der Waals surface area contributed by atoms with Crippen molar-refractivity contribution < 1.29 is 45.6 Å². The normalized spacial score (nSPS) is 30.1. The summed E-state index contributed by atoms with van der Waals surface area (Å²) < 4.78 is 75.8. The first-order valence-corrected chi connectivity index (χ1v) is 13.7. The molecule has 4 rings (SSSR count). The summed E-state index contributed by atoms with van der Waals surface area (Å²) in [6.07, 6.45) is -0.947. The highest BCUT2D eigenvalue weighted by Gasteiger charge is 2.65. The van der Waals surface area contributed by atoms with Crippen molar-refractivity contribution in [2.45, 2.75) is 40.5 Å². The zero-order chi connectivity index (χ0) is 22.2. The SMILES string of the molecule is O=C1OC2(CC3SC2CC3OC(=O)C(F)(F)S(=O)(=O)O)Oc2cc(I)c(I)c(I)c21. The molecule has 1 N–H and O–H groups in total. The summed E-state index contributed by atoms with van der Waals surface area (Å²) in [6, 6.07) is 1.73. The molecule has 0 aromatic heterocycles. The number of thioether (sulfide) groups is 1. The fourth-order valence-corrected chi connectivity index (χ4v) is 7.82. The Hall–Kier alpha value is 0.270. The topological polar surface area (TPSA) is 116 Å². The van der Waals surface area contributed by atoms with Crippen molar-refractivity contribution in [3.63, 3.8) is 0 Å². The van der Waals surface area contributed by atoms with Gasteiger partial charge in [0.15, 0.2) is 0 Å². The van der Waals surface area contributed by atoms with E-state index < -0.39 is 49.7 Å². The maximum absolute atomic E-state index is 13.5. The lowest BCUT2D eigenvalue weighted by Crippen LogP contribution is -2.54. The Balaban J connectivity index is 1.54. The molecule has 0 amide bonds. The Morgan fingerprint density at radius 1 is 1.30 bits per heavy atom. The maximum Gasteiger partial charge on any atom is 0.465 e. The molecule has 2 saturated heterocycles. The van der Waals surface area contributed by atoms with Gasteiger partial charge in [0.25, 0.3) is 5.79 Å². The van der Waals surface area contributed by atoms with E-state index in [1.165, 1.54) is 11.8 Å². The first-order valence-electron chi connectivity index (χ1n) is 8.08. The van der Waals surface area contributed by atoms with E-state index in [-0.39, 0.29) is 12.8 Å². The van der Waals surface area contributed by atoms with Gasteiger partial charge in [0.2, 0.25) is 0 Å². The molecular weight excluding hydrogens is 791 g/mol. The number of halogens is 5. The fourth-order valence-electron chi connectivity index (χ4n) is 3.50. The second-order valence-corrected chi connectivity index (χ2v) is 12.9.